The normalized spacial score (nSPS) is 16.0. The Morgan fingerprint density at radius 2 is 1.74 bits per heavy atom. The quantitative estimate of drug-likeness (QED) is 0.820. The highest BCUT2D eigenvalue weighted by Gasteiger charge is 2.28. The first-order valence-corrected chi connectivity index (χ1v) is 8.02. The van der Waals surface area contributed by atoms with Crippen molar-refractivity contribution in [2.24, 2.45) is 0 Å². The fourth-order valence-corrected chi connectivity index (χ4v) is 3.28. The van der Waals surface area contributed by atoms with Crippen LogP contribution >= 0.6 is 23.2 Å². The van der Waals surface area contributed by atoms with Crippen LogP contribution in [0.3, 0.4) is 0 Å². The van der Waals surface area contributed by atoms with Crippen molar-refractivity contribution in [1.82, 2.24) is 4.90 Å². The second-order valence-corrected chi connectivity index (χ2v) is 6.24. The number of rotatable bonds is 3. The first-order chi connectivity index (χ1) is 11.1. The number of amides is 1. The maximum absolute atomic E-state index is 13.8. The van der Waals surface area contributed by atoms with E-state index in [9.17, 15) is 9.18 Å². The minimum absolute atomic E-state index is 0.0372. The largest absolute Gasteiger partial charge is 0.296 e. The summed E-state index contributed by atoms with van der Waals surface area (Å²) >= 11 is 12.4. The van der Waals surface area contributed by atoms with Crippen LogP contribution in [0.1, 0.15) is 12.0 Å². The summed E-state index contributed by atoms with van der Waals surface area (Å²) in [6, 6.07) is 11.8. The topological polar surface area (TPSA) is 23.6 Å². The smallest absolute Gasteiger partial charge is 0.229 e. The van der Waals surface area contributed by atoms with Gasteiger partial charge in [0.1, 0.15) is 5.82 Å². The summed E-state index contributed by atoms with van der Waals surface area (Å²) in [4.78, 5) is 15.8. The van der Waals surface area contributed by atoms with Gasteiger partial charge in [0.25, 0.3) is 0 Å². The Morgan fingerprint density at radius 1 is 1.04 bits per heavy atom. The molecular weight excluding hydrogens is 338 g/mol. The van der Waals surface area contributed by atoms with Gasteiger partial charge < -0.3 is 0 Å². The molecule has 1 aliphatic heterocycles. The molecule has 120 valence electrons. The van der Waals surface area contributed by atoms with Crippen LogP contribution in [0.4, 0.5) is 10.1 Å². The average molecular weight is 353 g/mol. The molecule has 3 rings (SSSR count). The number of anilines is 1. The summed E-state index contributed by atoms with van der Waals surface area (Å²) in [6.07, 6.45) is 0.343. The van der Waals surface area contributed by atoms with E-state index in [0.717, 1.165) is 0 Å². The molecule has 2 aromatic carbocycles. The summed E-state index contributed by atoms with van der Waals surface area (Å²) in [5.74, 6) is -0.281. The van der Waals surface area contributed by atoms with E-state index in [4.69, 9.17) is 23.2 Å². The van der Waals surface area contributed by atoms with Gasteiger partial charge in [-0.2, -0.15) is 0 Å². The molecule has 0 aliphatic carbocycles. The molecule has 0 saturated carbocycles. The third-order valence-corrected chi connectivity index (χ3v) is 4.45. The van der Waals surface area contributed by atoms with Gasteiger partial charge >= 0.3 is 0 Å². The molecule has 1 heterocycles. The predicted molar refractivity (Wildman–Crippen MR) is 90.2 cm³/mol. The van der Waals surface area contributed by atoms with Crippen LogP contribution in [-0.4, -0.2) is 24.0 Å². The second kappa shape index (κ2) is 6.87. The van der Waals surface area contributed by atoms with Crippen LogP contribution < -0.4 is 4.90 Å². The molecule has 1 fully saturated rings. The molecule has 1 saturated heterocycles. The SMILES string of the molecule is O=C1CCN(Cc2ccccc2F)CN1c1c(Cl)cccc1Cl. The minimum Gasteiger partial charge on any atom is -0.296 e. The summed E-state index contributed by atoms with van der Waals surface area (Å²) < 4.78 is 13.8. The van der Waals surface area contributed by atoms with Crippen LogP contribution in [0, 0.1) is 5.82 Å². The zero-order valence-electron chi connectivity index (χ0n) is 12.3. The number of hydrogen-bond acceptors (Lipinski definition) is 2. The molecule has 0 atom stereocenters. The van der Waals surface area contributed by atoms with E-state index in [-0.39, 0.29) is 11.7 Å². The van der Waals surface area contributed by atoms with Crippen LogP contribution in [-0.2, 0) is 11.3 Å². The van der Waals surface area contributed by atoms with Crippen molar-refractivity contribution in [3.05, 3.63) is 63.9 Å². The van der Waals surface area contributed by atoms with Crippen molar-refractivity contribution < 1.29 is 9.18 Å². The van der Waals surface area contributed by atoms with E-state index in [1.807, 2.05) is 4.90 Å². The number of nitrogens with zero attached hydrogens (tertiary/aromatic N) is 2. The Morgan fingerprint density at radius 3 is 2.43 bits per heavy atom. The number of para-hydroxylation sites is 1. The summed E-state index contributed by atoms with van der Waals surface area (Å²) in [5.41, 5.74) is 1.12. The van der Waals surface area contributed by atoms with Gasteiger partial charge in [0.15, 0.2) is 0 Å². The van der Waals surface area contributed by atoms with Crippen molar-refractivity contribution in [2.75, 3.05) is 18.1 Å². The fourth-order valence-electron chi connectivity index (χ4n) is 2.68. The zero-order chi connectivity index (χ0) is 16.4. The number of benzene rings is 2. The Balaban J connectivity index is 1.83. The number of hydrogen-bond donors (Lipinski definition) is 0. The van der Waals surface area contributed by atoms with Gasteiger partial charge in [-0.15, -0.1) is 0 Å². The lowest BCUT2D eigenvalue weighted by Gasteiger charge is -2.36. The van der Waals surface area contributed by atoms with E-state index in [2.05, 4.69) is 0 Å². The van der Waals surface area contributed by atoms with Gasteiger partial charge in [0.05, 0.1) is 22.4 Å². The molecule has 0 aromatic heterocycles. The lowest BCUT2D eigenvalue weighted by Crippen LogP contribution is -2.48. The second-order valence-electron chi connectivity index (χ2n) is 5.43. The molecule has 1 amide bonds. The highest BCUT2D eigenvalue weighted by Crippen LogP contribution is 2.35. The molecule has 3 nitrogen and oxygen atoms in total. The van der Waals surface area contributed by atoms with Crippen LogP contribution in [0.2, 0.25) is 10.0 Å². The zero-order valence-corrected chi connectivity index (χ0v) is 13.8. The van der Waals surface area contributed by atoms with Gasteiger partial charge in [0, 0.05) is 25.1 Å². The highest BCUT2D eigenvalue weighted by atomic mass is 35.5. The number of carbonyl (C=O) groups excluding carboxylic acids is 1. The van der Waals surface area contributed by atoms with Crippen LogP contribution in [0.15, 0.2) is 42.5 Å². The van der Waals surface area contributed by atoms with Crippen LogP contribution in [0.25, 0.3) is 0 Å². The molecule has 0 radical (unpaired) electrons. The summed E-state index contributed by atoms with van der Waals surface area (Å²) in [6.45, 7) is 1.33. The van der Waals surface area contributed by atoms with E-state index in [1.54, 1.807) is 41.3 Å². The van der Waals surface area contributed by atoms with Crippen molar-refractivity contribution in [2.45, 2.75) is 13.0 Å². The minimum atomic E-state index is -0.244. The van der Waals surface area contributed by atoms with Crippen molar-refractivity contribution in [3.8, 4) is 0 Å². The third kappa shape index (κ3) is 3.50. The van der Waals surface area contributed by atoms with Gasteiger partial charge in [-0.1, -0.05) is 47.5 Å². The van der Waals surface area contributed by atoms with E-state index in [1.165, 1.54) is 6.07 Å². The maximum atomic E-state index is 13.8. The lowest BCUT2D eigenvalue weighted by atomic mass is 10.1. The molecule has 0 bridgehead atoms. The van der Waals surface area contributed by atoms with Gasteiger partial charge in [-0.3, -0.25) is 14.6 Å². The molecular formula is C17H15Cl2FN2O. The Bertz CT molecular complexity index is 718. The van der Waals surface area contributed by atoms with Crippen molar-refractivity contribution in [1.29, 1.82) is 0 Å². The van der Waals surface area contributed by atoms with Crippen molar-refractivity contribution in [3.63, 3.8) is 0 Å². The molecule has 6 heteroatoms. The summed E-state index contributed by atoms with van der Waals surface area (Å²) in [5, 5.41) is 0.859. The molecule has 2 aromatic rings. The lowest BCUT2D eigenvalue weighted by molar-refractivity contribution is -0.121. The molecule has 0 unspecified atom stereocenters. The van der Waals surface area contributed by atoms with Gasteiger partial charge in [-0.25, -0.2) is 4.39 Å². The van der Waals surface area contributed by atoms with Crippen molar-refractivity contribution >= 4 is 34.8 Å². The Hall–Kier alpha value is -1.62. The Kier molecular flexibility index (Phi) is 4.85. The average Bonchev–Trinajstić information content (AvgIpc) is 2.52. The summed E-state index contributed by atoms with van der Waals surface area (Å²) in [7, 11) is 0. The van der Waals surface area contributed by atoms with E-state index < -0.39 is 0 Å². The standard InChI is InChI=1S/C17H15Cl2FN2O/c18-13-5-3-6-14(19)17(13)22-11-21(9-8-16(22)23)10-12-4-1-2-7-15(12)20/h1-7H,8-11H2. The van der Waals surface area contributed by atoms with Gasteiger partial charge in [0.2, 0.25) is 5.91 Å². The Labute approximate surface area is 144 Å². The first-order valence-electron chi connectivity index (χ1n) is 7.26. The van der Waals surface area contributed by atoms with Gasteiger partial charge in [-0.05, 0) is 18.2 Å². The van der Waals surface area contributed by atoms with E-state index >= 15 is 0 Å². The first kappa shape index (κ1) is 16.2. The predicted octanol–water partition coefficient (Wildman–Crippen LogP) is 4.33. The monoisotopic (exact) mass is 352 g/mol. The van der Waals surface area contributed by atoms with Crippen LogP contribution in [0.5, 0.6) is 0 Å². The number of carbonyl (C=O) groups is 1. The molecule has 1 aliphatic rings. The third-order valence-electron chi connectivity index (χ3n) is 3.84. The molecule has 0 N–H and O–H groups in total. The highest BCUT2D eigenvalue weighted by molar-refractivity contribution is 6.39. The maximum Gasteiger partial charge on any atom is 0.229 e. The molecule has 23 heavy (non-hydrogen) atoms. The number of halogens is 3. The molecule has 0 spiro atoms. The fraction of sp³-hybridized carbons (Fsp3) is 0.235. The van der Waals surface area contributed by atoms with E-state index in [0.29, 0.717) is 47.5 Å².